The van der Waals surface area contributed by atoms with Gasteiger partial charge in [0.1, 0.15) is 17.9 Å². The first-order chi connectivity index (χ1) is 11.2. The van der Waals surface area contributed by atoms with Gasteiger partial charge in [-0.3, -0.25) is 4.98 Å². The lowest BCUT2D eigenvalue weighted by Gasteiger charge is -2.10. The van der Waals surface area contributed by atoms with E-state index in [-0.39, 0.29) is 0 Å². The number of benzene rings is 1. The van der Waals surface area contributed by atoms with E-state index in [2.05, 4.69) is 31.2 Å². The number of fused-ring (bicyclic) bond motifs is 1. The lowest BCUT2D eigenvalue weighted by atomic mass is 10.2. The van der Waals surface area contributed by atoms with Crippen molar-refractivity contribution in [2.24, 2.45) is 5.92 Å². The van der Waals surface area contributed by atoms with E-state index in [4.69, 9.17) is 4.74 Å². The monoisotopic (exact) mass is 372 g/mol. The van der Waals surface area contributed by atoms with Gasteiger partial charge < -0.3 is 4.74 Å². The van der Waals surface area contributed by atoms with Gasteiger partial charge in [0.25, 0.3) is 0 Å². The van der Waals surface area contributed by atoms with Gasteiger partial charge in [-0.05, 0) is 65.4 Å². The Morgan fingerprint density at radius 2 is 2.17 bits per heavy atom. The number of rotatable bonds is 5. The quantitative estimate of drug-likeness (QED) is 0.681. The van der Waals surface area contributed by atoms with Crippen molar-refractivity contribution in [2.45, 2.75) is 32.9 Å². The third kappa shape index (κ3) is 2.95. The van der Waals surface area contributed by atoms with Crippen LogP contribution in [-0.2, 0) is 13.2 Å². The van der Waals surface area contributed by atoms with Crippen LogP contribution in [0.2, 0.25) is 0 Å². The third-order valence-electron chi connectivity index (χ3n) is 4.20. The molecule has 0 saturated heterocycles. The average molecular weight is 373 g/mol. The lowest BCUT2D eigenvalue weighted by molar-refractivity contribution is 0.299. The highest BCUT2D eigenvalue weighted by atomic mass is 79.9. The van der Waals surface area contributed by atoms with E-state index in [0.29, 0.717) is 6.61 Å². The first-order valence-corrected chi connectivity index (χ1v) is 8.56. The molecule has 118 valence electrons. The van der Waals surface area contributed by atoms with Crippen molar-refractivity contribution in [1.29, 1.82) is 0 Å². The summed E-state index contributed by atoms with van der Waals surface area (Å²) in [4.78, 5) is 4.36. The molecule has 2 heterocycles. The molecule has 6 heteroatoms. The van der Waals surface area contributed by atoms with Crippen LogP contribution in [0.25, 0.3) is 11.0 Å². The summed E-state index contributed by atoms with van der Waals surface area (Å²) in [6.45, 7) is 3.43. The molecule has 3 aromatic rings. The summed E-state index contributed by atoms with van der Waals surface area (Å²) >= 11 is 3.61. The fourth-order valence-electron chi connectivity index (χ4n) is 2.59. The highest BCUT2D eigenvalue weighted by molar-refractivity contribution is 9.10. The molecule has 2 aromatic heterocycles. The molecule has 1 aliphatic carbocycles. The molecule has 5 nitrogen and oxygen atoms in total. The van der Waals surface area contributed by atoms with Gasteiger partial charge in [0.2, 0.25) is 0 Å². The molecular formula is C17H17BrN4O. The fraction of sp³-hybridized carbons (Fsp3) is 0.353. The molecule has 23 heavy (non-hydrogen) atoms. The second kappa shape index (κ2) is 5.92. The van der Waals surface area contributed by atoms with Crippen LogP contribution in [0.15, 0.2) is 34.9 Å². The highest BCUT2D eigenvalue weighted by Crippen LogP contribution is 2.35. The van der Waals surface area contributed by atoms with Gasteiger partial charge in [0.05, 0.1) is 15.7 Å². The number of nitrogens with zero attached hydrogens (tertiary/aromatic N) is 4. The zero-order valence-corrected chi connectivity index (χ0v) is 14.5. The molecular weight excluding hydrogens is 356 g/mol. The number of aryl methyl sites for hydroxylation is 1. The van der Waals surface area contributed by atoms with Gasteiger partial charge >= 0.3 is 0 Å². The molecule has 1 aliphatic rings. The molecule has 1 saturated carbocycles. The Morgan fingerprint density at radius 3 is 2.96 bits per heavy atom. The predicted octanol–water partition coefficient (Wildman–Crippen LogP) is 3.89. The molecule has 0 aliphatic heterocycles. The summed E-state index contributed by atoms with van der Waals surface area (Å²) in [5.74, 6) is 1.53. The summed E-state index contributed by atoms with van der Waals surface area (Å²) in [5.41, 5.74) is 3.96. The van der Waals surface area contributed by atoms with Gasteiger partial charge in [0.15, 0.2) is 0 Å². The van der Waals surface area contributed by atoms with Crippen molar-refractivity contribution in [3.63, 3.8) is 0 Å². The van der Waals surface area contributed by atoms with Crippen molar-refractivity contribution >= 4 is 27.0 Å². The summed E-state index contributed by atoms with van der Waals surface area (Å²) < 4.78 is 8.77. The number of ether oxygens (including phenoxy) is 1. The summed E-state index contributed by atoms with van der Waals surface area (Å²) in [7, 11) is 0. The van der Waals surface area contributed by atoms with Crippen LogP contribution in [0, 0.1) is 12.8 Å². The van der Waals surface area contributed by atoms with Crippen LogP contribution in [0.1, 0.15) is 24.1 Å². The minimum atomic E-state index is 0.437. The van der Waals surface area contributed by atoms with E-state index in [1.54, 1.807) is 6.20 Å². The van der Waals surface area contributed by atoms with E-state index in [0.717, 1.165) is 45.0 Å². The number of pyridine rings is 1. The van der Waals surface area contributed by atoms with Crippen molar-refractivity contribution in [3.05, 3.63) is 46.2 Å². The van der Waals surface area contributed by atoms with Crippen LogP contribution in [-0.4, -0.2) is 20.0 Å². The molecule has 0 atom stereocenters. The second-order valence-corrected chi connectivity index (χ2v) is 6.81. The number of hydrogen-bond donors (Lipinski definition) is 0. The van der Waals surface area contributed by atoms with Gasteiger partial charge in [0, 0.05) is 12.7 Å². The van der Waals surface area contributed by atoms with E-state index >= 15 is 0 Å². The van der Waals surface area contributed by atoms with Crippen molar-refractivity contribution in [1.82, 2.24) is 20.0 Å². The third-order valence-corrected chi connectivity index (χ3v) is 4.97. The molecule has 0 amide bonds. The van der Waals surface area contributed by atoms with E-state index in [9.17, 15) is 0 Å². The van der Waals surface area contributed by atoms with Crippen LogP contribution >= 0.6 is 15.9 Å². The zero-order chi connectivity index (χ0) is 15.8. The fourth-order valence-corrected chi connectivity index (χ4v) is 3.12. The largest absolute Gasteiger partial charge is 0.486 e. The maximum absolute atomic E-state index is 5.93. The van der Waals surface area contributed by atoms with Crippen molar-refractivity contribution < 1.29 is 4.74 Å². The lowest BCUT2D eigenvalue weighted by Crippen LogP contribution is -2.02. The minimum absolute atomic E-state index is 0.437. The summed E-state index contributed by atoms with van der Waals surface area (Å²) in [5, 5.41) is 8.58. The highest BCUT2D eigenvalue weighted by Gasteiger charge is 2.23. The Morgan fingerprint density at radius 1 is 1.30 bits per heavy atom. The summed E-state index contributed by atoms with van der Waals surface area (Å²) in [6.07, 6.45) is 4.38. The number of halogens is 1. The molecule has 0 N–H and O–H groups in total. The topological polar surface area (TPSA) is 52.8 Å². The molecule has 0 bridgehead atoms. The molecule has 0 radical (unpaired) electrons. The molecule has 0 unspecified atom stereocenters. The standard InChI is InChI=1S/C17H17BrN4O/c1-11-3-2-8-19-13(11)10-23-15-7-6-14-17(16(15)18)20-21-22(14)9-12-4-5-12/h2-3,6-8,12H,4-5,9-10H2,1H3. The van der Waals surface area contributed by atoms with E-state index < -0.39 is 0 Å². The predicted molar refractivity (Wildman–Crippen MR) is 91.3 cm³/mol. The summed E-state index contributed by atoms with van der Waals surface area (Å²) in [6, 6.07) is 7.97. The molecule has 0 spiro atoms. The molecule has 1 aromatic carbocycles. The Hall–Kier alpha value is -1.95. The SMILES string of the molecule is Cc1cccnc1COc1ccc2c(nnn2CC2CC2)c1Br. The maximum Gasteiger partial charge on any atom is 0.136 e. The Labute approximate surface area is 142 Å². The number of hydrogen-bond acceptors (Lipinski definition) is 4. The van der Waals surface area contributed by atoms with Gasteiger partial charge in [-0.2, -0.15) is 0 Å². The molecule has 1 fully saturated rings. The first-order valence-electron chi connectivity index (χ1n) is 7.77. The van der Waals surface area contributed by atoms with Gasteiger partial charge in [-0.1, -0.05) is 11.3 Å². The van der Waals surface area contributed by atoms with Crippen molar-refractivity contribution in [2.75, 3.05) is 0 Å². The Bertz CT molecular complexity index is 857. The average Bonchev–Trinajstić information content (AvgIpc) is 3.27. The zero-order valence-electron chi connectivity index (χ0n) is 12.9. The molecule has 4 rings (SSSR count). The van der Waals surface area contributed by atoms with E-state index in [1.165, 1.54) is 12.8 Å². The van der Waals surface area contributed by atoms with Gasteiger partial charge in [-0.25, -0.2) is 4.68 Å². The second-order valence-electron chi connectivity index (χ2n) is 6.02. The van der Waals surface area contributed by atoms with Crippen LogP contribution in [0.3, 0.4) is 0 Å². The normalized spacial score (nSPS) is 14.3. The van der Waals surface area contributed by atoms with Crippen LogP contribution in [0.4, 0.5) is 0 Å². The van der Waals surface area contributed by atoms with Crippen LogP contribution in [0.5, 0.6) is 5.75 Å². The van der Waals surface area contributed by atoms with Gasteiger partial charge in [-0.15, -0.1) is 5.10 Å². The Kier molecular flexibility index (Phi) is 3.77. The van der Waals surface area contributed by atoms with Crippen molar-refractivity contribution in [3.8, 4) is 5.75 Å². The van der Waals surface area contributed by atoms with E-state index in [1.807, 2.05) is 35.9 Å². The Balaban J connectivity index is 1.58. The smallest absolute Gasteiger partial charge is 0.136 e. The number of aromatic nitrogens is 4. The first kappa shape index (κ1) is 14.6. The maximum atomic E-state index is 5.93. The minimum Gasteiger partial charge on any atom is -0.486 e. The van der Waals surface area contributed by atoms with Crippen LogP contribution < -0.4 is 4.74 Å².